The fourth-order valence-electron chi connectivity index (χ4n) is 1.49. The maximum Gasteiger partial charge on any atom is 0.407 e. The van der Waals surface area contributed by atoms with Crippen molar-refractivity contribution in [3.63, 3.8) is 0 Å². The molecule has 4 amide bonds. The maximum absolute atomic E-state index is 11.4. The molecule has 0 aliphatic rings. The Kier molecular flexibility index (Phi) is 12.6. The van der Waals surface area contributed by atoms with Gasteiger partial charge in [0.05, 0.1) is 13.1 Å². The molecule has 0 aromatic rings. The van der Waals surface area contributed by atoms with Gasteiger partial charge in [-0.2, -0.15) is 0 Å². The molecule has 0 bridgehead atoms. The molecule has 0 heterocycles. The number of alkyl carbamates (subject to hydrolysis) is 2. The summed E-state index contributed by atoms with van der Waals surface area (Å²) >= 11 is 0. The van der Waals surface area contributed by atoms with Crippen molar-refractivity contribution in [2.45, 2.75) is 20.3 Å². The zero-order chi connectivity index (χ0) is 20.7. The fourth-order valence-corrected chi connectivity index (χ4v) is 1.49. The molecule has 0 atom stereocenters. The van der Waals surface area contributed by atoms with E-state index in [0.29, 0.717) is 30.7 Å². The summed E-state index contributed by atoms with van der Waals surface area (Å²) in [4.78, 5) is 45.1. The molecule has 27 heavy (non-hydrogen) atoms. The van der Waals surface area contributed by atoms with Crippen molar-refractivity contribution in [1.82, 2.24) is 21.3 Å². The predicted molar refractivity (Wildman–Crippen MR) is 99.0 cm³/mol. The molecule has 10 nitrogen and oxygen atoms in total. The van der Waals surface area contributed by atoms with Crippen molar-refractivity contribution in [2.24, 2.45) is 0 Å². The second-order valence-corrected chi connectivity index (χ2v) is 5.55. The average Bonchev–Trinajstić information content (AvgIpc) is 2.61. The van der Waals surface area contributed by atoms with Gasteiger partial charge in [0.15, 0.2) is 0 Å². The van der Waals surface area contributed by atoms with Gasteiger partial charge >= 0.3 is 12.2 Å². The summed E-state index contributed by atoms with van der Waals surface area (Å²) in [5.74, 6) is -0.592. The second kappa shape index (κ2) is 14.2. The summed E-state index contributed by atoms with van der Waals surface area (Å²) < 4.78 is 9.71. The lowest BCUT2D eigenvalue weighted by Crippen LogP contribution is -2.34. The number of amides is 4. The minimum atomic E-state index is -0.615. The molecular formula is C17H28N4O6. The second-order valence-electron chi connectivity index (χ2n) is 5.55. The van der Waals surface area contributed by atoms with Crippen LogP contribution in [-0.4, -0.2) is 63.4 Å². The molecule has 0 saturated heterocycles. The van der Waals surface area contributed by atoms with Crippen molar-refractivity contribution < 1.29 is 28.7 Å². The lowest BCUT2D eigenvalue weighted by Gasteiger charge is -2.09. The van der Waals surface area contributed by atoms with Gasteiger partial charge in [-0.15, -0.1) is 0 Å². The highest BCUT2D eigenvalue weighted by Crippen LogP contribution is 1.86. The van der Waals surface area contributed by atoms with Gasteiger partial charge in [-0.3, -0.25) is 9.59 Å². The number of ether oxygens (including phenoxy) is 2. The van der Waals surface area contributed by atoms with E-state index in [1.165, 1.54) is 0 Å². The molecule has 10 heteroatoms. The number of carbonyl (C=O) groups excluding carboxylic acids is 4. The number of hydrogen-bond donors (Lipinski definition) is 4. The molecule has 0 aromatic heterocycles. The summed E-state index contributed by atoms with van der Waals surface area (Å²) in [6.45, 7) is 11.2. The standard InChI is InChI=1S/C17H28N4O6/c1-12(2)14(22)18-8-10-26-16(24)20-6-5-7-21-17(25)27-11-9-19-15(23)13(3)4/h1,3,5-11H2,2,4H3,(H,18,22)(H,19,23)(H,20,24)(H,21,25). The van der Waals surface area contributed by atoms with E-state index >= 15 is 0 Å². The summed E-state index contributed by atoms with van der Waals surface area (Å²) in [7, 11) is 0. The third-order valence-electron chi connectivity index (χ3n) is 2.91. The van der Waals surface area contributed by atoms with Crippen LogP contribution in [0.3, 0.4) is 0 Å². The van der Waals surface area contributed by atoms with Gasteiger partial charge < -0.3 is 30.7 Å². The Labute approximate surface area is 158 Å². The van der Waals surface area contributed by atoms with E-state index < -0.39 is 12.2 Å². The van der Waals surface area contributed by atoms with Gasteiger partial charge in [0.2, 0.25) is 11.8 Å². The van der Waals surface area contributed by atoms with Crippen molar-refractivity contribution in [3.8, 4) is 0 Å². The molecule has 0 aliphatic carbocycles. The monoisotopic (exact) mass is 384 g/mol. The van der Waals surface area contributed by atoms with Crippen molar-refractivity contribution in [3.05, 3.63) is 24.3 Å². The smallest absolute Gasteiger partial charge is 0.407 e. The van der Waals surface area contributed by atoms with Gasteiger partial charge in [-0.25, -0.2) is 9.59 Å². The first-order chi connectivity index (χ1) is 12.7. The van der Waals surface area contributed by atoms with E-state index in [2.05, 4.69) is 34.4 Å². The summed E-state index contributed by atoms with van der Waals surface area (Å²) in [6, 6.07) is 0. The molecule has 152 valence electrons. The molecule has 0 spiro atoms. The largest absolute Gasteiger partial charge is 0.448 e. The van der Waals surface area contributed by atoms with E-state index in [1.807, 2.05) is 0 Å². The van der Waals surface area contributed by atoms with Crippen LogP contribution in [0.4, 0.5) is 9.59 Å². The Morgan fingerprint density at radius 2 is 1.04 bits per heavy atom. The molecule has 0 aliphatic heterocycles. The first kappa shape index (κ1) is 24.0. The summed E-state index contributed by atoms with van der Waals surface area (Å²) in [5, 5.41) is 10.1. The third kappa shape index (κ3) is 13.9. The molecule has 0 unspecified atom stereocenters. The molecule has 0 rings (SSSR count). The Morgan fingerprint density at radius 1 is 0.667 bits per heavy atom. The van der Waals surface area contributed by atoms with Crippen LogP contribution in [0.15, 0.2) is 24.3 Å². The normalized spacial score (nSPS) is 9.56. The van der Waals surface area contributed by atoms with E-state index in [4.69, 9.17) is 9.47 Å². The minimum absolute atomic E-state index is 0.0390. The van der Waals surface area contributed by atoms with Crippen molar-refractivity contribution in [1.29, 1.82) is 0 Å². The zero-order valence-corrected chi connectivity index (χ0v) is 15.8. The van der Waals surface area contributed by atoms with Crippen LogP contribution in [0, 0.1) is 0 Å². The molecule has 4 N–H and O–H groups in total. The highest BCUT2D eigenvalue weighted by Gasteiger charge is 2.05. The topological polar surface area (TPSA) is 135 Å². The van der Waals surface area contributed by atoms with Crippen molar-refractivity contribution >= 4 is 24.0 Å². The third-order valence-corrected chi connectivity index (χ3v) is 2.91. The van der Waals surface area contributed by atoms with Crippen LogP contribution >= 0.6 is 0 Å². The summed E-state index contributed by atoms with van der Waals surface area (Å²) in [5.41, 5.74) is 0.754. The van der Waals surface area contributed by atoms with Crippen molar-refractivity contribution in [2.75, 3.05) is 39.4 Å². The average molecular weight is 384 g/mol. The zero-order valence-electron chi connectivity index (χ0n) is 15.8. The quantitative estimate of drug-likeness (QED) is 0.281. The molecule has 0 fully saturated rings. The van der Waals surface area contributed by atoms with Crippen LogP contribution in [-0.2, 0) is 19.1 Å². The van der Waals surface area contributed by atoms with Gasteiger partial charge in [0, 0.05) is 24.2 Å². The molecular weight excluding hydrogens is 356 g/mol. The van der Waals surface area contributed by atoms with Gasteiger partial charge in [-0.1, -0.05) is 13.2 Å². The van der Waals surface area contributed by atoms with Gasteiger partial charge in [0.25, 0.3) is 0 Å². The lowest BCUT2D eigenvalue weighted by molar-refractivity contribution is -0.118. The van der Waals surface area contributed by atoms with Gasteiger partial charge in [-0.05, 0) is 20.3 Å². The SMILES string of the molecule is C=C(C)C(=O)NCCOC(=O)NCCCNC(=O)OCCNC(=O)C(=C)C. The first-order valence-corrected chi connectivity index (χ1v) is 8.42. The molecule has 0 radical (unpaired) electrons. The van der Waals surface area contributed by atoms with Crippen LogP contribution < -0.4 is 21.3 Å². The van der Waals surface area contributed by atoms with E-state index in [0.717, 1.165) is 0 Å². The van der Waals surface area contributed by atoms with Crippen LogP contribution in [0.5, 0.6) is 0 Å². The number of nitrogens with one attached hydrogen (secondary N) is 4. The number of carbonyl (C=O) groups is 4. The highest BCUT2D eigenvalue weighted by molar-refractivity contribution is 5.92. The van der Waals surface area contributed by atoms with E-state index in [-0.39, 0.29) is 38.1 Å². The van der Waals surface area contributed by atoms with E-state index in [1.54, 1.807) is 13.8 Å². The van der Waals surface area contributed by atoms with E-state index in [9.17, 15) is 19.2 Å². The van der Waals surface area contributed by atoms with Crippen LogP contribution in [0.1, 0.15) is 20.3 Å². The predicted octanol–water partition coefficient (Wildman–Crippen LogP) is 0.214. The van der Waals surface area contributed by atoms with Crippen LogP contribution in [0.25, 0.3) is 0 Å². The lowest BCUT2D eigenvalue weighted by atomic mass is 10.3. The van der Waals surface area contributed by atoms with Gasteiger partial charge in [0.1, 0.15) is 13.2 Å². The maximum atomic E-state index is 11.4. The number of hydrogen-bond acceptors (Lipinski definition) is 6. The fraction of sp³-hybridized carbons (Fsp3) is 0.529. The minimum Gasteiger partial charge on any atom is -0.448 e. The summed E-state index contributed by atoms with van der Waals surface area (Å²) in [6.07, 6.45) is -0.756. The Balaban J connectivity index is 3.53. The number of rotatable bonds is 12. The highest BCUT2D eigenvalue weighted by atomic mass is 16.6. The Morgan fingerprint density at radius 3 is 1.37 bits per heavy atom. The Hall–Kier alpha value is -3.04. The van der Waals surface area contributed by atoms with Crippen LogP contribution in [0.2, 0.25) is 0 Å². The molecule has 0 saturated carbocycles. The Bertz CT molecular complexity index is 514. The first-order valence-electron chi connectivity index (χ1n) is 8.42. The molecule has 0 aromatic carbocycles.